The van der Waals surface area contributed by atoms with Crippen LogP contribution in [0.3, 0.4) is 0 Å². The normalized spacial score (nSPS) is 13.6. The number of aliphatic hydroxyl groups is 1. The Balaban J connectivity index is -0.000000192. The van der Waals surface area contributed by atoms with Crippen molar-refractivity contribution < 1.29 is 28.6 Å². The van der Waals surface area contributed by atoms with E-state index in [4.69, 9.17) is 30.1 Å². The summed E-state index contributed by atoms with van der Waals surface area (Å²) in [4.78, 5) is 23.3. The molecule has 0 spiro atoms. The molecule has 0 aromatic rings. The third-order valence-electron chi connectivity index (χ3n) is 7.28. The number of hydrogen-bond acceptors (Lipinski definition) is 6. The van der Waals surface area contributed by atoms with E-state index in [1.165, 1.54) is 0 Å². The Labute approximate surface area is 299 Å². The first-order chi connectivity index (χ1) is 18.9. The molecule has 0 aliphatic carbocycles. The maximum atomic E-state index is 12.0. The van der Waals surface area contributed by atoms with Crippen LogP contribution in [0.2, 0.25) is 36.3 Å². The monoisotopic (exact) mass is 732 g/mol. The molecule has 0 saturated carbocycles. The first kappa shape index (κ1) is 54.2. The van der Waals surface area contributed by atoms with Crippen LogP contribution in [0.4, 0.5) is 0 Å². The molecule has 0 aliphatic rings. The first-order valence-electron chi connectivity index (χ1n) is 15.5. The van der Waals surface area contributed by atoms with E-state index in [1.807, 2.05) is 47.6 Å². The molecule has 0 heterocycles. The van der Waals surface area contributed by atoms with Gasteiger partial charge in [0.05, 0.1) is 12.8 Å². The fraction of sp³-hybridized carbons (Fsp3) is 0.824. The van der Waals surface area contributed by atoms with Gasteiger partial charge >= 0.3 is 11.9 Å². The summed E-state index contributed by atoms with van der Waals surface area (Å²) < 4.78 is 16.8. The summed E-state index contributed by atoms with van der Waals surface area (Å²) in [6, 6.07) is 0. The van der Waals surface area contributed by atoms with Crippen molar-refractivity contribution in [3.05, 3.63) is 25.3 Å². The lowest BCUT2D eigenvalue weighted by Crippen LogP contribution is -2.42. The molecule has 0 unspecified atom stereocenters. The van der Waals surface area contributed by atoms with Gasteiger partial charge in [0.25, 0.3) is 0 Å². The van der Waals surface area contributed by atoms with Crippen LogP contribution in [0.1, 0.15) is 109 Å². The molecule has 0 aromatic carbocycles. The highest BCUT2D eigenvalue weighted by atomic mass is 35.6. The van der Waals surface area contributed by atoms with Gasteiger partial charge in [-0.25, -0.2) is 0 Å². The minimum atomic E-state index is -1.78. The number of hydrogen-bond donors (Lipinski definition) is 1. The third kappa shape index (κ3) is 30.8. The number of aliphatic hydroxyl groups excluding tert-OH is 1. The molecule has 0 radical (unpaired) electrons. The average molecular weight is 734 g/mol. The molecular formula is C34H73ClO6S2Si2. The van der Waals surface area contributed by atoms with E-state index in [0.29, 0.717) is 24.5 Å². The van der Waals surface area contributed by atoms with Crippen LogP contribution in [0.5, 0.6) is 0 Å². The predicted octanol–water partition coefficient (Wildman–Crippen LogP) is 10.3. The molecule has 45 heavy (non-hydrogen) atoms. The first-order valence-corrected chi connectivity index (χ1v) is 22.4. The second-order valence-electron chi connectivity index (χ2n) is 16.3. The van der Waals surface area contributed by atoms with Gasteiger partial charge in [-0.2, -0.15) is 38.1 Å². The van der Waals surface area contributed by atoms with Crippen LogP contribution in [-0.4, -0.2) is 57.2 Å². The molecule has 0 rings (SSSR count). The van der Waals surface area contributed by atoms with Crippen LogP contribution in [0.15, 0.2) is 25.3 Å². The average Bonchev–Trinajstić information content (AvgIpc) is 2.73. The van der Waals surface area contributed by atoms with Gasteiger partial charge in [0.1, 0.15) is 11.2 Å². The largest absolute Gasteiger partial charge is 0.460 e. The Kier molecular flexibility index (Phi) is 27.9. The molecule has 0 fully saturated rings. The summed E-state index contributed by atoms with van der Waals surface area (Å²) in [6.45, 7) is 41.1. The van der Waals surface area contributed by atoms with Crippen molar-refractivity contribution in [2.24, 2.45) is 11.8 Å². The van der Waals surface area contributed by atoms with Crippen molar-refractivity contribution in [2.45, 2.75) is 156 Å². The molecule has 1 N–H and O–H groups in total. The molecule has 272 valence electrons. The van der Waals surface area contributed by atoms with Gasteiger partial charge in [0.2, 0.25) is 0 Å². The van der Waals surface area contributed by atoms with Gasteiger partial charge < -0.3 is 19.0 Å². The van der Waals surface area contributed by atoms with E-state index in [-0.39, 0.29) is 68.8 Å². The number of carbonyl (C=O) groups is 2. The van der Waals surface area contributed by atoms with Crippen molar-refractivity contribution in [1.29, 1.82) is 0 Å². The van der Waals surface area contributed by atoms with E-state index in [0.717, 1.165) is 6.42 Å². The van der Waals surface area contributed by atoms with Gasteiger partial charge in [-0.05, 0) is 89.4 Å². The van der Waals surface area contributed by atoms with E-state index in [9.17, 15) is 9.59 Å². The number of carbonyl (C=O) groups excluding carboxylic acids is 2. The number of rotatable bonds is 12. The van der Waals surface area contributed by atoms with Crippen LogP contribution in [-0.2, 0) is 23.5 Å². The van der Waals surface area contributed by atoms with E-state index >= 15 is 0 Å². The van der Waals surface area contributed by atoms with Crippen LogP contribution in [0, 0.1) is 11.8 Å². The van der Waals surface area contributed by atoms with Gasteiger partial charge in [0, 0.05) is 13.2 Å². The summed E-state index contributed by atoms with van der Waals surface area (Å²) in [5.74, 6) is -0.347. The van der Waals surface area contributed by atoms with Crippen LogP contribution >= 0.6 is 38.1 Å². The zero-order valence-electron chi connectivity index (χ0n) is 31.8. The fourth-order valence-electron chi connectivity index (χ4n) is 2.68. The molecular weight excluding hydrogens is 660 g/mol. The maximum Gasteiger partial charge on any atom is 0.306 e. The summed E-state index contributed by atoms with van der Waals surface area (Å²) in [7, 11) is -3.17. The molecule has 0 saturated heterocycles. The van der Waals surface area contributed by atoms with E-state index in [2.05, 4.69) is 80.9 Å². The zero-order valence-corrected chi connectivity index (χ0v) is 36.6. The van der Waals surface area contributed by atoms with Crippen molar-refractivity contribution in [3.8, 4) is 0 Å². The highest BCUT2D eigenvalue weighted by Crippen LogP contribution is 2.38. The number of halogens is 1. The topological polar surface area (TPSA) is 82.1 Å². The van der Waals surface area contributed by atoms with Crippen molar-refractivity contribution in [1.82, 2.24) is 0 Å². The molecule has 0 aromatic heterocycles. The number of ether oxygens (including phenoxy) is 2. The SMILES string of the molecule is C=CC[C@@H](CO)CC(=O)OC(C)(C)C.C=CC[C@@H](CO[Si](C)(C)C(C)(C)C)CC(=O)OC(C)(C)C.CC(C)(C)[Si](C)(C)Cl.S.S. The van der Waals surface area contributed by atoms with E-state index in [1.54, 1.807) is 6.08 Å². The standard InChI is InChI=1S/C17H34O3Si.C11H20O3.C6H15ClSi.2H2S/c1-10-11-14(12-15(18)20-16(2,3)4)13-19-21(8,9)17(5,6)7;1-5-6-9(8-12)7-10(13)14-11(2,3)4;1-6(2,3)8(4,5)7;;/h10,14H,1,11-13H2,2-9H3;5,9,12H,1,6-8H2,2-4H3;1-5H3;2*1H2/t14-;9-;;;/m11.../s1. The lowest BCUT2D eigenvalue weighted by molar-refractivity contribution is -0.157. The summed E-state index contributed by atoms with van der Waals surface area (Å²) in [5.41, 5.74) is -0.888. The molecule has 2 atom stereocenters. The van der Waals surface area contributed by atoms with E-state index < -0.39 is 26.9 Å². The maximum absolute atomic E-state index is 12.0. The molecule has 11 heteroatoms. The smallest absolute Gasteiger partial charge is 0.306 e. The lowest BCUT2D eigenvalue weighted by Gasteiger charge is -2.37. The highest BCUT2D eigenvalue weighted by Gasteiger charge is 2.37. The molecule has 0 aliphatic heterocycles. The fourth-order valence-corrected chi connectivity index (χ4v) is 3.77. The predicted molar refractivity (Wildman–Crippen MR) is 212 cm³/mol. The zero-order chi connectivity index (χ0) is 35.1. The van der Waals surface area contributed by atoms with Crippen molar-refractivity contribution >= 4 is 65.7 Å². The Morgan fingerprint density at radius 1 is 0.711 bits per heavy atom. The Morgan fingerprint density at radius 3 is 1.27 bits per heavy atom. The lowest BCUT2D eigenvalue weighted by atomic mass is 10.0. The molecule has 6 nitrogen and oxygen atoms in total. The van der Waals surface area contributed by atoms with Crippen LogP contribution < -0.4 is 0 Å². The quantitative estimate of drug-likeness (QED) is 0.0931. The Hall–Kier alpha value is -0.236. The van der Waals surface area contributed by atoms with Gasteiger partial charge in [-0.15, -0.1) is 13.2 Å². The second-order valence-corrected chi connectivity index (χ2v) is 28.4. The number of esters is 2. The van der Waals surface area contributed by atoms with Gasteiger partial charge in [-0.3, -0.25) is 9.59 Å². The van der Waals surface area contributed by atoms with Gasteiger partial charge in [0.15, 0.2) is 15.7 Å². The summed E-state index contributed by atoms with van der Waals surface area (Å²) in [6.07, 6.45) is 5.59. The minimum Gasteiger partial charge on any atom is -0.460 e. The third-order valence-corrected chi connectivity index (χ3v) is 17.0. The highest BCUT2D eigenvalue weighted by molar-refractivity contribution is 7.59. The van der Waals surface area contributed by atoms with Crippen LogP contribution in [0.25, 0.3) is 0 Å². The molecule has 0 amide bonds. The molecule has 0 bridgehead atoms. The van der Waals surface area contributed by atoms with Crippen molar-refractivity contribution in [3.63, 3.8) is 0 Å². The second kappa shape index (κ2) is 23.2. The number of allylic oxidation sites excluding steroid dienone is 2. The summed E-state index contributed by atoms with van der Waals surface area (Å²) >= 11 is 6.15. The Morgan fingerprint density at radius 2 is 1.02 bits per heavy atom. The Bertz CT molecular complexity index is 822. The summed E-state index contributed by atoms with van der Waals surface area (Å²) in [5, 5.41) is 9.47. The van der Waals surface area contributed by atoms with Crippen molar-refractivity contribution in [2.75, 3.05) is 13.2 Å². The minimum absolute atomic E-state index is 0. The van der Waals surface area contributed by atoms with Gasteiger partial charge in [-0.1, -0.05) is 66.8 Å².